The second-order valence-electron chi connectivity index (χ2n) is 3.65. The number of nitrogens with one attached hydrogen (secondary N) is 1. The zero-order chi connectivity index (χ0) is 9.52. The second-order valence-corrected chi connectivity index (χ2v) is 3.65. The van der Waals surface area contributed by atoms with Crippen LogP contribution in [-0.4, -0.2) is 40.0 Å². The SMILES string of the molecule is CNC1CCOCC1CCCOC. The van der Waals surface area contributed by atoms with Crippen molar-refractivity contribution < 1.29 is 9.47 Å². The first-order chi connectivity index (χ1) is 6.38. The molecule has 0 bridgehead atoms. The fourth-order valence-electron chi connectivity index (χ4n) is 1.95. The van der Waals surface area contributed by atoms with Gasteiger partial charge in [-0.05, 0) is 32.2 Å². The summed E-state index contributed by atoms with van der Waals surface area (Å²) in [5, 5.41) is 3.36. The Morgan fingerprint density at radius 2 is 2.38 bits per heavy atom. The average molecular weight is 187 g/mol. The molecule has 2 unspecified atom stereocenters. The third-order valence-electron chi connectivity index (χ3n) is 2.77. The number of hydrogen-bond acceptors (Lipinski definition) is 3. The first kappa shape index (κ1) is 11.0. The van der Waals surface area contributed by atoms with E-state index in [-0.39, 0.29) is 0 Å². The van der Waals surface area contributed by atoms with Crippen molar-refractivity contribution in [3.63, 3.8) is 0 Å². The minimum atomic E-state index is 0.644. The minimum Gasteiger partial charge on any atom is -0.385 e. The van der Waals surface area contributed by atoms with Crippen LogP contribution >= 0.6 is 0 Å². The molecule has 0 radical (unpaired) electrons. The fraction of sp³-hybridized carbons (Fsp3) is 1.00. The Hall–Kier alpha value is -0.120. The van der Waals surface area contributed by atoms with E-state index < -0.39 is 0 Å². The summed E-state index contributed by atoms with van der Waals surface area (Å²) in [5.74, 6) is 0.675. The highest BCUT2D eigenvalue weighted by Crippen LogP contribution is 2.19. The normalized spacial score (nSPS) is 29.1. The lowest BCUT2D eigenvalue weighted by atomic mass is 9.92. The lowest BCUT2D eigenvalue weighted by Gasteiger charge is -2.31. The molecule has 0 saturated carbocycles. The van der Waals surface area contributed by atoms with Crippen LogP contribution in [0.15, 0.2) is 0 Å². The first-order valence-electron chi connectivity index (χ1n) is 5.12. The summed E-state index contributed by atoms with van der Waals surface area (Å²) in [7, 11) is 3.80. The van der Waals surface area contributed by atoms with Crippen molar-refractivity contribution in [1.82, 2.24) is 5.32 Å². The van der Waals surface area contributed by atoms with Gasteiger partial charge in [-0.1, -0.05) is 0 Å². The van der Waals surface area contributed by atoms with Crippen molar-refractivity contribution in [3.05, 3.63) is 0 Å². The molecule has 1 saturated heterocycles. The zero-order valence-electron chi connectivity index (χ0n) is 8.71. The Morgan fingerprint density at radius 3 is 3.08 bits per heavy atom. The molecule has 1 fully saturated rings. The van der Waals surface area contributed by atoms with Gasteiger partial charge in [0.05, 0.1) is 6.61 Å². The van der Waals surface area contributed by atoms with Crippen molar-refractivity contribution in [3.8, 4) is 0 Å². The van der Waals surface area contributed by atoms with Gasteiger partial charge in [-0.15, -0.1) is 0 Å². The van der Waals surface area contributed by atoms with Crippen LogP contribution in [-0.2, 0) is 9.47 Å². The van der Waals surface area contributed by atoms with Crippen molar-refractivity contribution in [2.45, 2.75) is 25.3 Å². The van der Waals surface area contributed by atoms with E-state index in [0.717, 1.165) is 32.7 Å². The highest BCUT2D eigenvalue weighted by atomic mass is 16.5. The van der Waals surface area contributed by atoms with E-state index in [1.54, 1.807) is 7.11 Å². The van der Waals surface area contributed by atoms with Crippen LogP contribution in [0, 0.1) is 5.92 Å². The molecule has 3 nitrogen and oxygen atoms in total. The van der Waals surface area contributed by atoms with Gasteiger partial charge in [-0.2, -0.15) is 0 Å². The largest absolute Gasteiger partial charge is 0.385 e. The summed E-state index contributed by atoms with van der Waals surface area (Å²) in [6.45, 7) is 2.69. The molecule has 78 valence electrons. The van der Waals surface area contributed by atoms with Crippen LogP contribution in [0.5, 0.6) is 0 Å². The van der Waals surface area contributed by atoms with Crippen LogP contribution in [0.3, 0.4) is 0 Å². The topological polar surface area (TPSA) is 30.5 Å². The maximum Gasteiger partial charge on any atom is 0.0509 e. The van der Waals surface area contributed by atoms with Gasteiger partial charge in [-0.3, -0.25) is 0 Å². The van der Waals surface area contributed by atoms with Gasteiger partial charge >= 0.3 is 0 Å². The molecule has 0 spiro atoms. The molecule has 0 aromatic rings. The summed E-state index contributed by atoms with van der Waals surface area (Å²) >= 11 is 0. The molecule has 0 aromatic heterocycles. The Labute approximate surface area is 80.8 Å². The monoisotopic (exact) mass is 187 g/mol. The van der Waals surface area contributed by atoms with E-state index in [9.17, 15) is 0 Å². The molecule has 1 N–H and O–H groups in total. The molecule has 1 aliphatic rings. The summed E-state index contributed by atoms with van der Waals surface area (Å²) in [4.78, 5) is 0. The Kier molecular flexibility index (Phi) is 5.35. The van der Waals surface area contributed by atoms with E-state index in [4.69, 9.17) is 9.47 Å². The van der Waals surface area contributed by atoms with Gasteiger partial charge in [0.25, 0.3) is 0 Å². The van der Waals surface area contributed by atoms with E-state index in [0.29, 0.717) is 12.0 Å². The molecule has 13 heavy (non-hydrogen) atoms. The van der Waals surface area contributed by atoms with Crippen molar-refractivity contribution >= 4 is 0 Å². The molecule has 1 rings (SSSR count). The Balaban J connectivity index is 2.19. The average Bonchev–Trinajstić information content (AvgIpc) is 2.19. The molecule has 0 amide bonds. The molecular weight excluding hydrogens is 166 g/mol. The molecular formula is C10H21NO2. The molecule has 0 aliphatic carbocycles. The molecule has 2 atom stereocenters. The third-order valence-corrected chi connectivity index (χ3v) is 2.77. The minimum absolute atomic E-state index is 0.644. The fourth-order valence-corrected chi connectivity index (χ4v) is 1.95. The van der Waals surface area contributed by atoms with Gasteiger partial charge in [0.2, 0.25) is 0 Å². The predicted octanol–water partition coefficient (Wildman–Crippen LogP) is 1.04. The van der Waals surface area contributed by atoms with Gasteiger partial charge < -0.3 is 14.8 Å². The lowest BCUT2D eigenvalue weighted by molar-refractivity contribution is 0.0273. The maximum atomic E-state index is 5.46. The van der Waals surface area contributed by atoms with Gasteiger partial charge in [0.15, 0.2) is 0 Å². The van der Waals surface area contributed by atoms with Gasteiger partial charge in [0.1, 0.15) is 0 Å². The molecule has 0 aromatic carbocycles. The van der Waals surface area contributed by atoms with Crippen molar-refractivity contribution in [1.29, 1.82) is 0 Å². The van der Waals surface area contributed by atoms with Gasteiger partial charge in [0, 0.05) is 26.4 Å². The highest BCUT2D eigenvalue weighted by molar-refractivity contribution is 4.78. The quantitative estimate of drug-likeness (QED) is 0.652. The van der Waals surface area contributed by atoms with Crippen molar-refractivity contribution in [2.24, 2.45) is 5.92 Å². The van der Waals surface area contributed by atoms with Crippen LogP contribution in [0.2, 0.25) is 0 Å². The number of ether oxygens (including phenoxy) is 2. The van der Waals surface area contributed by atoms with E-state index in [1.807, 2.05) is 7.05 Å². The summed E-state index contributed by atoms with van der Waals surface area (Å²) in [5.41, 5.74) is 0. The summed E-state index contributed by atoms with van der Waals surface area (Å²) in [6.07, 6.45) is 3.50. The molecule has 1 heterocycles. The predicted molar refractivity (Wildman–Crippen MR) is 52.9 cm³/mol. The summed E-state index contributed by atoms with van der Waals surface area (Å²) in [6, 6.07) is 0.644. The Bertz CT molecular complexity index is 130. The van der Waals surface area contributed by atoms with Crippen LogP contribution in [0.4, 0.5) is 0 Å². The van der Waals surface area contributed by atoms with Gasteiger partial charge in [-0.25, -0.2) is 0 Å². The second kappa shape index (κ2) is 6.35. The zero-order valence-corrected chi connectivity index (χ0v) is 8.71. The van der Waals surface area contributed by atoms with Crippen molar-refractivity contribution in [2.75, 3.05) is 34.0 Å². The Morgan fingerprint density at radius 1 is 1.54 bits per heavy atom. The summed E-state index contributed by atoms with van der Waals surface area (Å²) < 4.78 is 10.5. The van der Waals surface area contributed by atoms with Crippen LogP contribution in [0.25, 0.3) is 0 Å². The third kappa shape index (κ3) is 3.63. The smallest absolute Gasteiger partial charge is 0.0509 e. The first-order valence-corrected chi connectivity index (χ1v) is 5.12. The van der Waals surface area contributed by atoms with E-state index >= 15 is 0 Å². The van der Waals surface area contributed by atoms with E-state index in [1.165, 1.54) is 6.42 Å². The highest BCUT2D eigenvalue weighted by Gasteiger charge is 2.23. The maximum absolute atomic E-state index is 5.46. The van der Waals surface area contributed by atoms with Crippen LogP contribution < -0.4 is 5.32 Å². The lowest BCUT2D eigenvalue weighted by Crippen LogP contribution is -2.40. The van der Waals surface area contributed by atoms with E-state index in [2.05, 4.69) is 5.32 Å². The number of rotatable bonds is 5. The number of hydrogen-bond donors (Lipinski definition) is 1. The molecule has 3 heteroatoms. The molecule has 1 aliphatic heterocycles. The number of methoxy groups -OCH3 is 1. The van der Waals surface area contributed by atoms with Crippen LogP contribution in [0.1, 0.15) is 19.3 Å². The standard InChI is InChI=1S/C10H21NO2/c1-11-10-5-7-13-8-9(10)4-3-6-12-2/h9-11H,3-8H2,1-2H3.